The Morgan fingerprint density at radius 3 is 3.19 bits per heavy atom. The molecule has 0 aliphatic carbocycles. The van der Waals surface area contributed by atoms with Crippen molar-refractivity contribution in [3.8, 4) is 18.1 Å². The topological polar surface area (TPSA) is 35.5 Å². The van der Waals surface area contributed by atoms with Crippen molar-refractivity contribution in [3.63, 3.8) is 0 Å². The van der Waals surface area contributed by atoms with Crippen LogP contribution in [0.5, 0.6) is 5.75 Å². The number of fused-ring (bicyclic) bond motifs is 1. The summed E-state index contributed by atoms with van der Waals surface area (Å²) < 4.78 is 10.1. The lowest BCUT2D eigenvalue weighted by Gasteiger charge is -2.06. The van der Waals surface area contributed by atoms with Crippen molar-refractivity contribution in [3.05, 3.63) is 29.3 Å². The van der Waals surface area contributed by atoms with Gasteiger partial charge in [-0.25, -0.2) is 0 Å². The van der Waals surface area contributed by atoms with E-state index < -0.39 is 0 Å². The fraction of sp³-hybridized carbons (Fsp3) is 0.308. The summed E-state index contributed by atoms with van der Waals surface area (Å²) in [5.74, 6) is 3.19. The van der Waals surface area contributed by atoms with Crippen LogP contribution in [0.15, 0.2) is 18.2 Å². The molecule has 1 heterocycles. The molecule has 0 saturated heterocycles. The van der Waals surface area contributed by atoms with Crippen LogP contribution in [0.4, 0.5) is 0 Å². The maximum absolute atomic E-state index is 11.2. The van der Waals surface area contributed by atoms with Crippen LogP contribution in [-0.2, 0) is 9.53 Å². The highest BCUT2D eigenvalue weighted by atomic mass is 16.5. The Bertz CT molecular complexity index is 457. The molecule has 82 valence electrons. The minimum Gasteiger partial charge on any atom is -0.493 e. The highest BCUT2D eigenvalue weighted by molar-refractivity contribution is 5.71. The van der Waals surface area contributed by atoms with Crippen LogP contribution in [0.3, 0.4) is 0 Å². The quantitative estimate of drug-likeness (QED) is 0.557. The third-order valence-electron chi connectivity index (χ3n) is 2.70. The number of carbonyl (C=O) groups excluding carboxylic acids is 1. The van der Waals surface area contributed by atoms with E-state index in [1.165, 1.54) is 7.11 Å². The van der Waals surface area contributed by atoms with Crippen LogP contribution >= 0.6 is 0 Å². The number of rotatable bonds is 2. The lowest BCUT2D eigenvalue weighted by Crippen LogP contribution is -2.09. The smallest absolute Gasteiger partial charge is 0.306 e. The van der Waals surface area contributed by atoms with Crippen molar-refractivity contribution >= 4 is 5.97 Å². The van der Waals surface area contributed by atoms with E-state index >= 15 is 0 Å². The summed E-state index contributed by atoms with van der Waals surface area (Å²) in [4.78, 5) is 11.2. The number of methoxy groups -OCH3 is 1. The van der Waals surface area contributed by atoms with Crippen molar-refractivity contribution in [2.24, 2.45) is 0 Å². The standard InChI is InChI=1S/C13H12O3/c1-3-9-4-5-11-10(7-13(14)15-2)8-16-12(11)6-9/h1,4-6,10H,7-8H2,2H3. The minimum absolute atomic E-state index is 0.0780. The van der Waals surface area contributed by atoms with Gasteiger partial charge in [0.2, 0.25) is 0 Å². The van der Waals surface area contributed by atoms with Crippen LogP contribution in [0.1, 0.15) is 23.5 Å². The number of esters is 1. The summed E-state index contributed by atoms with van der Waals surface area (Å²) in [6, 6.07) is 5.61. The second-order valence-corrected chi connectivity index (χ2v) is 3.69. The summed E-state index contributed by atoms with van der Waals surface area (Å²) in [7, 11) is 1.39. The fourth-order valence-electron chi connectivity index (χ4n) is 1.82. The summed E-state index contributed by atoms with van der Waals surface area (Å²) in [6.07, 6.45) is 5.65. The van der Waals surface area contributed by atoms with Gasteiger partial charge in [0.25, 0.3) is 0 Å². The van der Waals surface area contributed by atoms with Crippen molar-refractivity contribution in [1.29, 1.82) is 0 Å². The number of benzene rings is 1. The van der Waals surface area contributed by atoms with Crippen molar-refractivity contribution in [2.75, 3.05) is 13.7 Å². The minimum atomic E-state index is -0.220. The van der Waals surface area contributed by atoms with Gasteiger partial charge in [0.15, 0.2) is 0 Å². The molecule has 3 nitrogen and oxygen atoms in total. The lowest BCUT2D eigenvalue weighted by molar-refractivity contribution is -0.141. The first-order chi connectivity index (χ1) is 7.74. The molecule has 0 aromatic heterocycles. The summed E-state index contributed by atoms with van der Waals surface area (Å²) in [5.41, 5.74) is 1.82. The molecule has 0 spiro atoms. The molecule has 0 bridgehead atoms. The normalized spacial score (nSPS) is 17.1. The highest BCUT2D eigenvalue weighted by Gasteiger charge is 2.26. The Hall–Kier alpha value is -1.95. The monoisotopic (exact) mass is 216 g/mol. The Kier molecular flexibility index (Phi) is 2.82. The maximum Gasteiger partial charge on any atom is 0.306 e. The third kappa shape index (κ3) is 1.87. The molecule has 2 rings (SSSR count). The predicted molar refractivity (Wildman–Crippen MR) is 59.2 cm³/mol. The predicted octanol–water partition coefficient (Wildman–Crippen LogP) is 1.71. The number of hydrogen-bond acceptors (Lipinski definition) is 3. The summed E-state index contributed by atoms with van der Waals surface area (Å²) in [5, 5.41) is 0. The number of terminal acetylenes is 1. The van der Waals surface area contributed by atoms with E-state index in [2.05, 4.69) is 10.7 Å². The van der Waals surface area contributed by atoms with Gasteiger partial charge in [-0.15, -0.1) is 6.42 Å². The van der Waals surface area contributed by atoms with Crippen LogP contribution in [0, 0.1) is 12.3 Å². The molecule has 16 heavy (non-hydrogen) atoms. The molecule has 0 saturated carbocycles. The van der Waals surface area contributed by atoms with Gasteiger partial charge in [0.05, 0.1) is 20.1 Å². The highest BCUT2D eigenvalue weighted by Crippen LogP contribution is 2.36. The second-order valence-electron chi connectivity index (χ2n) is 3.69. The van der Waals surface area contributed by atoms with Crippen molar-refractivity contribution in [1.82, 2.24) is 0 Å². The Balaban J connectivity index is 2.21. The molecule has 0 radical (unpaired) electrons. The molecule has 0 N–H and O–H groups in total. The first kappa shape index (κ1) is 10.6. The van der Waals surface area contributed by atoms with E-state index in [-0.39, 0.29) is 11.9 Å². The second kappa shape index (κ2) is 4.28. The van der Waals surface area contributed by atoms with E-state index in [1.54, 1.807) is 0 Å². The van der Waals surface area contributed by atoms with Crippen LogP contribution < -0.4 is 4.74 Å². The summed E-state index contributed by atoms with van der Waals surface area (Å²) >= 11 is 0. The Labute approximate surface area is 94.4 Å². The zero-order valence-electron chi connectivity index (χ0n) is 9.03. The molecule has 1 atom stereocenters. The molecule has 0 fully saturated rings. The molecule has 1 aromatic carbocycles. The fourth-order valence-corrected chi connectivity index (χ4v) is 1.82. The van der Waals surface area contributed by atoms with E-state index in [1.807, 2.05) is 18.2 Å². The van der Waals surface area contributed by atoms with Gasteiger partial charge in [-0.2, -0.15) is 0 Å². The zero-order chi connectivity index (χ0) is 11.5. The van der Waals surface area contributed by atoms with Gasteiger partial charge in [-0.3, -0.25) is 4.79 Å². The number of carbonyl (C=O) groups is 1. The Morgan fingerprint density at radius 1 is 1.69 bits per heavy atom. The number of ether oxygens (including phenoxy) is 2. The number of hydrogen-bond donors (Lipinski definition) is 0. The average molecular weight is 216 g/mol. The van der Waals surface area contributed by atoms with Crippen molar-refractivity contribution in [2.45, 2.75) is 12.3 Å². The maximum atomic E-state index is 11.2. The van der Waals surface area contributed by atoms with E-state index in [4.69, 9.17) is 11.2 Å². The van der Waals surface area contributed by atoms with Gasteiger partial charge in [-0.05, 0) is 12.1 Å². The molecule has 1 aromatic rings. The van der Waals surface area contributed by atoms with Gasteiger partial charge in [0.1, 0.15) is 5.75 Å². The van der Waals surface area contributed by atoms with E-state index in [0.717, 1.165) is 16.9 Å². The van der Waals surface area contributed by atoms with Crippen molar-refractivity contribution < 1.29 is 14.3 Å². The van der Waals surface area contributed by atoms with E-state index in [9.17, 15) is 4.79 Å². The molecular formula is C13H12O3. The first-order valence-corrected chi connectivity index (χ1v) is 5.04. The van der Waals surface area contributed by atoms with Gasteiger partial charge in [0, 0.05) is 17.0 Å². The molecule has 0 amide bonds. The van der Waals surface area contributed by atoms with Crippen LogP contribution in [-0.4, -0.2) is 19.7 Å². The zero-order valence-corrected chi connectivity index (χ0v) is 9.03. The Morgan fingerprint density at radius 2 is 2.50 bits per heavy atom. The third-order valence-corrected chi connectivity index (χ3v) is 2.70. The van der Waals surface area contributed by atoms with Crippen LogP contribution in [0.25, 0.3) is 0 Å². The van der Waals surface area contributed by atoms with Gasteiger partial charge >= 0.3 is 5.97 Å². The molecule has 1 aliphatic rings. The summed E-state index contributed by atoms with van der Waals surface area (Å²) in [6.45, 7) is 0.512. The molecule has 1 aliphatic heterocycles. The SMILES string of the molecule is C#Cc1ccc2c(c1)OCC2CC(=O)OC. The molecular weight excluding hydrogens is 204 g/mol. The lowest BCUT2D eigenvalue weighted by atomic mass is 9.97. The van der Waals surface area contributed by atoms with Gasteiger partial charge in [-0.1, -0.05) is 12.0 Å². The molecule has 3 heteroatoms. The van der Waals surface area contributed by atoms with Gasteiger partial charge < -0.3 is 9.47 Å². The van der Waals surface area contributed by atoms with E-state index in [0.29, 0.717) is 13.0 Å². The van der Waals surface area contributed by atoms with Crippen LogP contribution in [0.2, 0.25) is 0 Å². The largest absolute Gasteiger partial charge is 0.493 e. The first-order valence-electron chi connectivity index (χ1n) is 5.04. The molecule has 1 unspecified atom stereocenters. The average Bonchev–Trinajstić information content (AvgIpc) is 2.71.